The molecule has 0 radical (unpaired) electrons. The fourth-order valence-corrected chi connectivity index (χ4v) is 4.26. The number of carbonyl (C=O) groups is 2. The Balaban J connectivity index is 1.75. The summed E-state index contributed by atoms with van der Waals surface area (Å²) in [6.45, 7) is 1.91. The van der Waals surface area contributed by atoms with Crippen molar-refractivity contribution in [2.45, 2.75) is 32.0 Å². The van der Waals surface area contributed by atoms with Crippen molar-refractivity contribution in [3.63, 3.8) is 0 Å². The molecule has 1 aromatic carbocycles. The standard InChI is InChI=1S/C20H19F3N4O4/c1-2-26-7-9-5-11(24)15-12(17(28)18(29)16(20(26)31)27(9)15)19(30)25-6-8-3-4-10(21)14(23)13(8)22/h3-4,9,11,29H,2,5-7,24H2,1H3,(H,25,30)/t9-,11-/m1/s1. The lowest BCUT2D eigenvalue weighted by Gasteiger charge is -2.33. The number of likely N-dealkylation sites (N-methyl/N-ethyl adjacent to an activating group) is 1. The maximum Gasteiger partial charge on any atom is 0.274 e. The highest BCUT2D eigenvalue weighted by molar-refractivity contribution is 6.00. The zero-order valence-corrected chi connectivity index (χ0v) is 16.4. The van der Waals surface area contributed by atoms with Crippen molar-refractivity contribution >= 4 is 11.8 Å². The predicted octanol–water partition coefficient (Wildman–Crippen LogP) is 1.32. The first-order valence-electron chi connectivity index (χ1n) is 9.64. The second kappa shape index (κ2) is 7.41. The molecule has 0 aliphatic carbocycles. The Labute approximate surface area is 174 Å². The molecular formula is C20H19F3N4O4. The van der Waals surface area contributed by atoms with E-state index in [0.717, 1.165) is 6.07 Å². The highest BCUT2D eigenvalue weighted by Crippen LogP contribution is 2.40. The molecule has 4 rings (SSSR count). The molecule has 0 spiro atoms. The second-order valence-electron chi connectivity index (χ2n) is 7.51. The molecule has 2 aliphatic rings. The molecule has 2 aliphatic heterocycles. The Morgan fingerprint density at radius 1 is 1.26 bits per heavy atom. The molecule has 0 fully saturated rings. The van der Waals surface area contributed by atoms with Gasteiger partial charge in [0.2, 0.25) is 5.43 Å². The number of amides is 2. The number of rotatable bonds is 4. The smallest absolute Gasteiger partial charge is 0.274 e. The lowest BCUT2D eigenvalue weighted by atomic mass is 10.0. The van der Waals surface area contributed by atoms with Crippen molar-refractivity contribution in [1.29, 1.82) is 0 Å². The molecule has 164 valence electrons. The van der Waals surface area contributed by atoms with E-state index in [4.69, 9.17) is 5.73 Å². The topological polar surface area (TPSA) is 118 Å². The number of halogens is 3. The van der Waals surface area contributed by atoms with Crippen LogP contribution in [0.2, 0.25) is 0 Å². The molecule has 2 amide bonds. The van der Waals surface area contributed by atoms with Crippen LogP contribution in [0.15, 0.2) is 16.9 Å². The average molecular weight is 436 g/mol. The number of pyridine rings is 1. The van der Waals surface area contributed by atoms with Crippen LogP contribution in [0.5, 0.6) is 5.75 Å². The molecule has 11 heteroatoms. The SMILES string of the molecule is CCN1C[C@H]2C[C@@H](N)c3c(C(=O)NCc4ccc(F)c(F)c4F)c(=O)c(O)c(n32)C1=O. The third-order valence-electron chi connectivity index (χ3n) is 5.75. The average Bonchev–Trinajstić information content (AvgIpc) is 3.06. The summed E-state index contributed by atoms with van der Waals surface area (Å²) in [5, 5.41) is 12.7. The van der Waals surface area contributed by atoms with Crippen molar-refractivity contribution in [2.24, 2.45) is 5.73 Å². The second-order valence-corrected chi connectivity index (χ2v) is 7.51. The number of benzene rings is 1. The predicted molar refractivity (Wildman–Crippen MR) is 102 cm³/mol. The van der Waals surface area contributed by atoms with Gasteiger partial charge in [-0.2, -0.15) is 0 Å². The molecule has 0 saturated heterocycles. The number of nitrogens with two attached hydrogens (primary N) is 1. The molecule has 31 heavy (non-hydrogen) atoms. The monoisotopic (exact) mass is 436 g/mol. The van der Waals surface area contributed by atoms with Crippen molar-refractivity contribution in [2.75, 3.05) is 13.1 Å². The van der Waals surface area contributed by atoms with Gasteiger partial charge in [0.25, 0.3) is 11.8 Å². The maximum atomic E-state index is 13.9. The van der Waals surface area contributed by atoms with Gasteiger partial charge in [0, 0.05) is 31.2 Å². The van der Waals surface area contributed by atoms with E-state index in [2.05, 4.69) is 5.32 Å². The van der Waals surface area contributed by atoms with E-state index in [1.54, 1.807) is 6.92 Å². The van der Waals surface area contributed by atoms with E-state index in [0.29, 0.717) is 25.6 Å². The van der Waals surface area contributed by atoms with E-state index >= 15 is 0 Å². The van der Waals surface area contributed by atoms with E-state index < -0.39 is 58.6 Å². The molecule has 0 saturated carbocycles. The van der Waals surface area contributed by atoms with Gasteiger partial charge in [-0.05, 0) is 19.4 Å². The first kappa shape index (κ1) is 20.9. The maximum absolute atomic E-state index is 13.9. The first-order chi connectivity index (χ1) is 14.7. The van der Waals surface area contributed by atoms with Crippen LogP contribution in [0, 0.1) is 17.5 Å². The highest BCUT2D eigenvalue weighted by atomic mass is 19.2. The van der Waals surface area contributed by atoms with Crippen LogP contribution in [0.4, 0.5) is 13.2 Å². The fraction of sp³-hybridized carbons (Fsp3) is 0.350. The van der Waals surface area contributed by atoms with Gasteiger partial charge in [-0.1, -0.05) is 6.07 Å². The molecule has 3 heterocycles. The zero-order chi connectivity index (χ0) is 22.6. The number of carbonyl (C=O) groups excluding carboxylic acids is 2. The van der Waals surface area contributed by atoms with E-state index in [1.165, 1.54) is 9.47 Å². The van der Waals surface area contributed by atoms with Gasteiger partial charge in [0.05, 0.1) is 11.7 Å². The third-order valence-corrected chi connectivity index (χ3v) is 5.75. The minimum Gasteiger partial charge on any atom is -0.503 e. The van der Waals surface area contributed by atoms with Crippen molar-refractivity contribution in [3.05, 3.63) is 62.3 Å². The largest absolute Gasteiger partial charge is 0.503 e. The summed E-state index contributed by atoms with van der Waals surface area (Å²) in [6.07, 6.45) is 0.345. The lowest BCUT2D eigenvalue weighted by Crippen LogP contribution is -2.44. The Bertz CT molecular complexity index is 1180. The summed E-state index contributed by atoms with van der Waals surface area (Å²) in [5.74, 6) is -6.90. The zero-order valence-electron chi connectivity index (χ0n) is 16.4. The fourth-order valence-electron chi connectivity index (χ4n) is 4.26. The normalized spacial score (nSPS) is 19.5. The van der Waals surface area contributed by atoms with Gasteiger partial charge >= 0.3 is 0 Å². The van der Waals surface area contributed by atoms with Gasteiger partial charge in [-0.15, -0.1) is 0 Å². The van der Waals surface area contributed by atoms with Gasteiger partial charge in [0.15, 0.2) is 28.9 Å². The minimum atomic E-state index is -1.68. The van der Waals surface area contributed by atoms with Crippen LogP contribution in [-0.4, -0.2) is 39.5 Å². The highest BCUT2D eigenvalue weighted by Gasteiger charge is 2.43. The summed E-state index contributed by atoms with van der Waals surface area (Å²) < 4.78 is 41.8. The molecule has 8 nitrogen and oxygen atoms in total. The molecule has 0 bridgehead atoms. The molecule has 2 aromatic rings. The van der Waals surface area contributed by atoms with Crippen LogP contribution in [-0.2, 0) is 6.54 Å². The van der Waals surface area contributed by atoms with Crippen LogP contribution in [0.3, 0.4) is 0 Å². The molecule has 2 atom stereocenters. The number of hydrogen-bond acceptors (Lipinski definition) is 5. The summed E-state index contributed by atoms with van der Waals surface area (Å²) >= 11 is 0. The van der Waals surface area contributed by atoms with Gasteiger partial charge in [-0.25, -0.2) is 13.2 Å². The number of aromatic hydroxyl groups is 1. The van der Waals surface area contributed by atoms with Crippen LogP contribution >= 0.6 is 0 Å². The number of hydrogen-bond donors (Lipinski definition) is 3. The van der Waals surface area contributed by atoms with Crippen molar-refractivity contribution < 1.29 is 27.9 Å². The summed E-state index contributed by atoms with van der Waals surface area (Å²) in [6, 6.07) is 0.607. The van der Waals surface area contributed by atoms with E-state index in [-0.39, 0.29) is 23.0 Å². The Morgan fingerprint density at radius 2 is 1.97 bits per heavy atom. The number of nitrogens with zero attached hydrogens (tertiary/aromatic N) is 2. The quantitative estimate of drug-likeness (QED) is 0.625. The van der Waals surface area contributed by atoms with Gasteiger partial charge in [0.1, 0.15) is 5.56 Å². The molecule has 0 unspecified atom stereocenters. The van der Waals surface area contributed by atoms with Crippen LogP contribution in [0.1, 0.15) is 57.5 Å². The van der Waals surface area contributed by atoms with Crippen LogP contribution in [0.25, 0.3) is 0 Å². The van der Waals surface area contributed by atoms with Crippen molar-refractivity contribution in [3.8, 4) is 5.75 Å². The Kier molecular flexibility index (Phi) is 5.00. The van der Waals surface area contributed by atoms with E-state index in [1.807, 2.05) is 0 Å². The van der Waals surface area contributed by atoms with E-state index in [9.17, 15) is 32.7 Å². The van der Waals surface area contributed by atoms with Gasteiger partial charge < -0.3 is 25.6 Å². The van der Waals surface area contributed by atoms with Gasteiger partial charge in [-0.3, -0.25) is 14.4 Å². The number of nitrogens with one attached hydrogen (secondary N) is 1. The minimum absolute atomic E-state index is 0.107. The third kappa shape index (κ3) is 3.07. The summed E-state index contributed by atoms with van der Waals surface area (Å²) in [7, 11) is 0. The first-order valence-corrected chi connectivity index (χ1v) is 9.64. The lowest BCUT2D eigenvalue weighted by molar-refractivity contribution is 0.0675. The Morgan fingerprint density at radius 3 is 2.65 bits per heavy atom. The number of aromatic nitrogens is 1. The van der Waals surface area contributed by atoms with Crippen LogP contribution < -0.4 is 16.5 Å². The van der Waals surface area contributed by atoms with Crippen molar-refractivity contribution in [1.82, 2.24) is 14.8 Å². The molecular weight excluding hydrogens is 417 g/mol. The summed E-state index contributed by atoms with van der Waals surface area (Å²) in [5.41, 5.74) is 4.19. The summed E-state index contributed by atoms with van der Waals surface area (Å²) in [4.78, 5) is 39.8. The molecule has 4 N–H and O–H groups in total. The molecule has 1 aromatic heterocycles. The Hall–Kier alpha value is -3.34.